The molecule has 4 aromatic rings. The summed E-state index contributed by atoms with van der Waals surface area (Å²) in [5.74, 6) is -1.39. The SMILES string of the molecule is CCN1C(=O)[C@]2(NC(=O)c3cccc(C(F)(F)F)c3)CC[C@@]2(c2cccc(NC(=O)/C(C#N)=C/C(C)C)c2)c2c(C)nn(-c3ccccc3)c21. The number of carbonyl (C=O) groups excluding carboxylic acids is 3. The van der Waals surface area contributed by atoms with Gasteiger partial charge >= 0.3 is 6.18 Å². The van der Waals surface area contributed by atoms with E-state index < -0.39 is 40.4 Å². The van der Waals surface area contributed by atoms with Gasteiger partial charge in [0, 0.05) is 23.4 Å². The Labute approximate surface area is 287 Å². The van der Waals surface area contributed by atoms with Crippen LogP contribution in [0.15, 0.2) is 90.5 Å². The molecule has 12 heteroatoms. The van der Waals surface area contributed by atoms with Gasteiger partial charge in [-0.25, -0.2) is 4.68 Å². The molecule has 50 heavy (non-hydrogen) atoms. The second-order valence-corrected chi connectivity index (χ2v) is 12.9. The topological polar surface area (TPSA) is 120 Å². The van der Waals surface area contributed by atoms with Crippen LogP contribution in [0.25, 0.3) is 5.69 Å². The molecular formula is C38H35F3N6O3. The van der Waals surface area contributed by atoms with Crippen molar-refractivity contribution in [1.29, 1.82) is 5.26 Å². The molecule has 3 amide bonds. The molecular weight excluding hydrogens is 645 g/mol. The summed E-state index contributed by atoms with van der Waals surface area (Å²) < 4.78 is 42.6. The number of nitrogens with zero attached hydrogens (tertiary/aromatic N) is 4. The highest BCUT2D eigenvalue weighted by atomic mass is 19.4. The number of rotatable bonds is 8. The zero-order chi connectivity index (χ0) is 36.0. The minimum atomic E-state index is -4.67. The Hall–Kier alpha value is -5.70. The fraction of sp³-hybridized carbons (Fsp3) is 0.289. The average molecular weight is 681 g/mol. The number of amides is 3. The van der Waals surface area contributed by atoms with E-state index in [1.54, 1.807) is 46.8 Å². The second kappa shape index (κ2) is 12.6. The van der Waals surface area contributed by atoms with Gasteiger partial charge in [-0.15, -0.1) is 0 Å². The van der Waals surface area contributed by atoms with Crippen LogP contribution in [0, 0.1) is 24.2 Å². The molecule has 0 unspecified atom stereocenters. The van der Waals surface area contributed by atoms with E-state index >= 15 is 0 Å². The number of nitrogens with one attached hydrogen (secondary N) is 2. The number of para-hydroxylation sites is 1. The quantitative estimate of drug-likeness (QED) is 0.156. The first-order valence-corrected chi connectivity index (χ1v) is 16.3. The Morgan fingerprint density at radius 3 is 2.38 bits per heavy atom. The van der Waals surface area contributed by atoms with Gasteiger partial charge in [0.25, 0.3) is 17.7 Å². The summed E-state index contributed by atoms with van der Waals surface area (Å²) >= 11 is 0. The summed E-state index contributed by atoms with van der Waals surface area (Å²) in [6, 6.07) is 22.2. The fourth-order valence-electron chi connectivity index (χ4n) is 7.30. The van der Waals surface area contributed by atoms with Crippen LogP contribution in [-0.2, 0) is 21.2 Å². The maximum atomic E-state index is 14.9. The van der Waals surface area contributed by atoms with Crippen LogP contribution < -0.4 is 15.5 Å². The van der Waals surface area contributed by atoms with E-state index in [4.69, 9.17) is 5.10 Å². The first-order valence-electron chi connectivity index (χ1n) is 16.3. The Balaban J connectivity index is 1.55. The van der Waals surface area contributed by atoms with Crippen LogP contribution in [-0.4, -0.2) is 39.6 Å². The van der Waals surface area contributed by atoms with Crippen molar-refractivity contribution in [2.45, 2.75) is 57.7 Å². The number of anilines is 2. The summed E-state index contributed by atoms with van der Waals surface area (Å²) in [5.41, 5.74) is -1.20. The normalized spacial score (nSPS) is 20.0. The summed E-state index contributed by atoms with van der Waals surface area (Å²) in [4.78, 5) is 43.6. The summed E-state index contributed by atoms with van der Waals surface area (Å²) in [5, 5.41) is 20.2. The van der Waals surface area contributed by atoms with Gasteiger partial charge in [0.05, 0.1) is 22.4 Å². The monoisotopic (exact) mass is 680 g/mol. The predicted molar refractivity (Wildman–Crippen MR) is 182 cm³/mol. The number of nitriles is 1. The number of allylic oxidation sites excluding steroid dienone is 1. The number of fused-ring (bicyclic) bond motifs is 3. The van der Waals surface area contributed by atoms with E-state index in [0.29, 0.717) is 40.4 Å². The van der Waals surface area contributed by atoms with E-state index in [0.717, 1.165) is 18.2 Å². The average Bonchev–Trinajstić information content (AvgIpc) is 3.42. The van der Waals surface area contributed by atoms with Crippen LogP contribution in [0.4, 0.5) is 24.7 Å². The molecule has 0 bridgehead atoms. The molecule has 1 aliphatic carbocycles. The first kappa shape index (κ1) is 34.2. The molecule has 256 valence electrons. The van der Waals surface area contributed by atoms with Gasteiger partial charge in [-0.3, -0.25) is 19.3 Å². The third-order valence-corrected chi connectivity index (χ3v) is 9.51. The van der Waals surface area contributed by atoms with Crippen LogP contribution in [0.2, 0.25) is 0 Å². The fourth-order valence-corrected chi connectivity index (χ4v) is 7.30. The molecule has 1 fully saturated rings. The lowest BCUT2D eigenvalue weighted by Crippen LogP contribution is -2.78. The van der Waals surface area contributed by atoms with Gasteiger partial charge in [0.1, 0.15) is 23.0 Å². The number of aryl methyl sites for hydroxylation is 1. The Bertz CT molecular complexity index is 2080. The smallest absolute Gasteiger partial charge is 0.337 e. The lowest BCUT2D eigenvalue weighted by molar-refractivity contribution is -0.137. The number of hydrogen-bond donors (Lipinski definition) is 2. The zero-order valence-corrected chi connectivity index (χ0v) is 27.9. The summed E-state index contributed by atoms with van der Waals surface area (Å²) in [6.45, 7) is 7.55. The van der Waals surface area contributed by atoms with E-state index in [1.165, 1.54) is 6.07 Å². The number of halogens is 3. The Morgan fingerprint density at radius 2 is 1.76 bits per heavy atom. The molecule has 0 radical (unpaired) electrons. The molecule has 6 rings (SSSR count). The van der Waals surface area contributed by atoms with Gasteiger partial charge in [0.15, 0.2) is 0 Å². The van der Waals surface area contributed by atoms with Crippen molar-refractivity contribution in [2.24, 2.45) is 5.92 Å². The highest BCUT2D eigenvalue weighted by Crippen LogP contribution is 2.63. The highest BCUT2D eigenvalue weighted by Gasteiger charge is 2.71. The zero-order valence-electron chi connectivity index (χ0n) is 27.9. The van der Waals surface area contributed by atoms with Crippen molar-refractivity contribution < 1.29 is 27.6 Å². The van der Waals surface area contributed by atoms with Gasteiger partial charge in [0.2, 0.25) is 0 Å². The lowest BCUT2D eigenvalue weighted by atomic mass is 9.46. The Kier molecular flexibility index (Phi) is 8.64. The standard InChI is InChI=1S/C38H35F3N6O3/c1-5-46-34-31(24(4)45-47(34)30-15-7-6-8-16-30)36(27-12-10-14-29(21-27)43-32(48)26(22-42)19-23(2)3)17-18-37(36,35(46)50)44-33(49)25-11-9-13-28(20-25)38(39,40)41/h6-16,19-21,23H,5,17-18H2,1-4H3,(H,43,48)(H,44,49)/b26-19+/t36-,37-/m1/s1. The minimum Gasteiger partial charge on any atom is -0.337 e. The molecule has 2 atom stereocenters. The van der Waals surface area contributed by atoms with E-state index in [-0.39, 0.29) is 30.0 Å². The molecule has 1 aromatic heterocycles. The van der Waals surface area contributed by atoms with Gasteiger partial charge < -0.3 is 10.6 Å². The highest BCUT2D eigenvalue weighted by molar-refractivity contribution is 6.11. The molecule has 9 nitrogen and oxygen atoms in total. The van der Waals surface area contributed by atoms with Crippen LogP contribution in [0.5, 0.6) is 0 Å². The minimum absolute atomic E-state index is 0.0473. The number of hydrogen-bond acceptors (Lipinski definition) is 5. The van der Waals surface area contributed by atoms with Crippen molar-refractivity contribution in [2.75, 3.05) is 16.8 Å². The van der Waals surface area contributed by atoms with Crippen LogP contribution in [0.1, 0.15) is 66.4 Å². The van der Waals surface area contributed by atoms with Gasteiger partial charge in [-0.05, 0) is 80.6 Å². The largest absolute Gasteiger partial charge is 0.416 e. The number of alkyl halides is 3. The predicted octanol–water partition coefficient (Wildman–Crippen LogP) is 6.86. The summed E-state index contributed by atoms with van der Waals surface area (Å²) in [6.07, 6.45) is -2.55. The molecule has 3 aromatic carbocycles. The van der Waals surface area contributed by atoms with Crippen molar-refractivity contribution >= 4 is 29.2 Å². The van der Waals surface area contributed by atoms with Gasteiger partial charge in [-0.2, -0.15) is 23.5 Å². The van der Waals surface area contributed by atoms with Crippen molar-refractivity contribution in [3.8, 4) is 11.8 Å². The summed E-state index contributed by atoms with van der Waals surface area (Å²) in [7, 11) is 0. The molecule has 2 N–H and O–H groups in total. The van der Waals surface area contributed by atoms with Crippen LogP contribution >= 0.6 is 0 Å². The third-order valence-electron chi connectivity index (χ3n) is 9.51. The van der Waals surface area contributed by atoms with E-state index in [1.807, 2.05) is 57.2 Å². The molecule has 0 saturated heterocycles. The number of likely N-dealkylation sites (N-methyl/N-ethyl adjacent to an activating group) is 1. The van der Waals surface area contributed by atoms with Gasteiger partial charge in [-0.1, -0.05) is 56.3 Å². The van der Waals surface area contributed by atoms with Crippen molar-refractivity contribution in [3.05, 3.63) is 118 Å². The number of carbonyl (C=O) groups is 3. The maximum Gasteiger partial charge on any atom is 0.416 e. The Morgan fingerprint density at radius 1 is 1.04 bits per heavy atom. The molecule has 2 heterocycles. The van der Waals surface area contributed by atoms with E-state index in [9.17, 15) is 32.8 Å². The number of aromatic nitrogens is 2. The van der Waals surface area contributed by atoms with E-state index in [2.05, 4.69) is 10.6 Å². The second-order valence-electron chi connectivity index (χ2n) is 12.9. The molecule has 1 saturated carbocycles. The number of benzene rings is 3. The van der Waals surface area contributed by atoms with Crippen molar-refractivity contribution in [1.82, 2.24) is 15.1 Å². The first-order chi connectivity index (χ1) is 23.8. The molecule has 1 aliphatic heterocycles. The maximum absolute atomic E-state index is 14.9. The third kappa shape index (κ3) is 5.43. The van der Waals surface area contributed by atoms with Crippen molar-refractivity contribution in [3.63, 3.8) is 0 Å². The van der Waals surface area contributed by atoms with Crippen LogP contribution in [0.3, 0.4) is 0 Å². The molecule has 2 aliphatic rings. The lowest BCUT2D eigenvalue weighted by Gasteiger charge is -2.62. The molecule has 0 spiro atoms.